The zero-order valence-corrected chi connectivity index (χ0v) is 15.2. The highest BCUT2D eigenvalue weighted by Crippen LogP contribution is 2.17. The molecule has 0 spiro atoms. The molecule has 0 saturated carbocycles. The molecule has 0 bridgehead atoms. The zero-order chi connectivity index (χ0) is 18.6. The van der Waals surface area contributed by atoms with E-state index in [1.165, 1.54) is 5.39 Å². The first-order chi connectivity index (χ1) is 13.2. The minimum atomic E-state index is 0.0391. The molecule has 1 aliphatic heterocycles. The predicted molar refractivity (Wildman–Crippen MR) is 107 cm³/mol. The molecule has 1 fully saturated rings. The highest BCUT2D eigenvalue weighted by atomic mass is 16.2. The van der Waals surface area contributed by atoms with Crippen molar-refractivity contribution in [2.45, 2.75) is 6.42 Å². The summed E-state index contributed by atoms with van der Waals surface area (Å²) < 4.78 is 0. The number of amides is 2. The van der Waals surface area contributed by atoms with Crippen LogP contribution >= 0.6 is 0 Å². The zero-order valence-electron chi connectivity index (χ0n) is 15.2. The number of carbonyl (C=O) groups excluding carboxylic acids is 2. The SMILES string of the molecule is O=C(Cc1ccc2ccccc2c1)N1CCN(C(=O)c2ccccc2)CC1. The van der Waals surface area contributed by atoms with Crippen LogP contribution in [0.4, 0.5) is 0 Å². The maximum Gasteiger partial charge on any atom is 0.253 e. The Labute approximate surface area is 159 Å². The van der Waals surface area contributed by atoms with Crippen molar-refractivity contribution in [2.75, 3.05) is 26.2 Å². The molecule has 27 heavy (non-hydrogen) atoms. The normalized spacial score (nSPS) is 14.4. The van der Waals surface area contributed by atoms with E-state index in [4.69, 9.17) is 0 Å². The van der Waals surface area contributed by atoms with Crippen molar-refractivity contribution in [3.63, 3.8) is 0 Å². The Bertz CT molecular complexity index is 960. The van der Waals surface area contributed by atoms with Crippen LogP contribution < -0.4 is 0 Å². The molecule has 0 aromatic heterocycles. The molecule has 136 valence electrons. The molecule has 2 amide bonds. The van der Waals surface area contributed by atoms with Gasteiger partial charge in [0, 0.05) is 31.7 Å². The Kier molecular flexibility index (Phi) is 4.88. The predicted octanol–water partition coefficient (Wildman–Crippen LogP) is 3.37. The summed E-state index contributed by atoms with van der Waals surface area (Å²) in [5.41, 5.74) is 1.73. The van der Waals surface area contributed by atoms with Gasteiger partial charge < -0.3 is 9.80 Å². The van der Waals surface area contributed by atoms with Crippen LogP contribution in [-0.4, -0.2) is 47.8 Å². The van der Waals surface area contributed by atoms with E-state index < -0.39 is 0 Å². The Balaban J connectivity index is 1.36. The van der Waals surface area contributed by atoms with Crippen LogP contribution in [0.1, 0.15) is 15.9 Å². The van der Waals surface area contributed by atoms with Gasteiger partial charge in [-0.05, 0) is 28.5 Å². The first kappa shape index (κ1) is 17.3. The fraction of sp³-hybridized carbons (Fsp3) is 0.217. The van der Waals surface area contributed by atoms with Crippen molar-refractivity contribution in [1.29, 1.82) is 0 Å². The second-order valence-corrected chi connectivity index (χ2v) is 6.90. The molecule has 0 unspecified atom stereocenters. The van der Waals surface area contributed by atoms with Gasteiger partial charge in [-0.15, -0.1) is 0 Å². The number of carbonyl (C=O) groups is 2. The molecule has 1 heterocycles. The van der Waals surface area contributed by atoms with E-state index >= 15 is 0 Å². The average molecular weight is 358 g/mol. The van der Waals surface area contributed by atoms with Crippen LogP contribution in [0.5, 0.6) is 0 Å². The smallest absolute Gasteiger partial charge is 0.253 e. The first-order valence-electron chi connectivity index (χ1n) is 9.30. The Hall–Kier alpha value is -3.14. The summed E-state index contributed by atoms with van der Waals surface area (Å²) in [6.07, 6.45) is 0.400. The molecule has 0 aliphatic carbocycles. The first-order valence-corrected chi connectivity index (χ1v) is 9.30. The topological polar surface area (TPSA) is 40.6 Å². The molecular formula is C23H22N2O2. The van der Waals surface area contributed by atoms with Crippen LogP contribution in [0.2, 0.25) is 0 Å². The largest absolute Gasteiger partial charge is 0.339 e. The third-order valence-corrected chi connectivity index (χ3v) is 5.11. The van der Waals surface area contributed by atoms with Gasteiger partial charge in [0.25, 0.3) is 5.91 Å². The van der Waals surface area contributed by atoms with Gasteiger partial charge in [0.15, 0.2) is 0 Å². The second kappa shape index (κ2) is 7.62. The number of hydrogen-bond acceptors (Lipinski definition) is 2. The van der Waals surface area contributed by atoms with Crippen LogP contribution in [0.3, 0.4) is 0 Å². The molecule has 1 saturated heterocycles. The number of benzene rings is 3. The standard InChI is InChI=1S/C23H22N2O2/c26-22(17-18-10-11-19-6-4-5-9-21(19)16-18)24-12-14-25(15-13-24)23(27)20-7-2-1-3-8-20/h1-11,16H,12-15,17H2. The molecule has 0 atom stereocenters. The Morgan fingerprint density at radius 1 is 0.704 bits per heavy atom. The molecular weight excluding hydrogens is 336 g/mol. The minimum Gasteiger partial charge on any atom is -0.339 e. The van der Waals surface area contributed by atoms with E-state index in [0.29, 0.717) is 38.2 Å². The molecule has 0 radical (unpaired) electrons. The Morgan fingerprint density at radius 3 is 2.07 bits per heavy atom. The van der Waals surface area contributed by atoms with E-state index in [1.54, 1.807) is 0 Å². The van der Waals surface area contributed by atoms with Crippen molar-refractivity contribution < 1.29 is 9.59 Å². The van der Waals surface area contributed by atoms with Crippen molar-refractivity contribution in [1.82, 2.24) is 9.80 Å². The minimum absolute atomic E-state index is 0.0391. The van der Waals surface area contributed by atoms with Gasteiger partial charge in [0.05, 0.1) is 6.42 Å². The van der Waals surface area contributed by atoms with Gasteiger partial charge in [-0.2, -0.15) is 0 Å². The lowest BCUT2D eigenvalue weighted by molar-refractivity contribution is -0.131. The van der Waals surface area contributed by atoms with Gasteiger partial charge >= 0.3 is 0 Å². The lowest BCUT2D eigenvalue weighted by atomic mass is 10.0. The summed E-state index contributed by atoms with van der Waals surface area (Å²) in [7, 11) is 0. The molecule has 3 aromatic rings. The lowest BCUT2D eigenvalue weighted by Gasteiger charge is -2.35. The average Bonchev–Trinajstić information content (AvgIpc) is 2.74. The second-order valence-electron chi connectivity index (χ2n) is 6.90. The van der Waals surface area contributed by atoms with Crippen LogP contribution in [0.15, 0.2) is 72.8 Å². The van der Waals surface area contributed by atoms with Gasteiger partial charge in [-0.1, -0.05) is 60.7 Å². The van der Waals surface area contributed by atoms with Crippen LogP contribution in [-0.2, 0) is 11.2 Å². The quantitative estimate of drug-likeness (QED) is 0.720. The van der Waals surface area contributed by atoms with Crippen molar-refractivity contribution in [3.8, 4) is 0 Å². The van der Waals surface area contributed by atoms with Crippen molar-refractivity contribution in [3.05, 3.63) is 83.9 Å². The highest BCUT2D eigenvalue weighted by Gasteiger charge is 2.24. The van der Waals surface area contributed by atoms with E-state index in [0.717, 1.165) is 10.9 Å². The van der Waals surface area contributed by atoms with E-state index in [9.17, 15) is 9.59 Å². The monoisotopic (exact) mass is 358 g/mol. The summed E-state index contributed by atoms with van der Waals surface area (Å²) in [6.45, 7) is 2.34. The molecule has 4 heteroatoms. The third-order valence-electron chi connectivity index (χ3n) is 5.11. The number of fused-ring (bicyclic) bond motifs is 1. The maximum atomic E-state index is 12.7. The highest BCUT2D eigenvalue weighted by molar-refractivity contribution is 5.94. The van der Waals surface area contributed by atoms with Crippen molar-refractivity contribution >= 4 is 22.6 Å². The third kappa shape index (κ3) is 3.85. The van der Waals surface area contributed by atoms with Crippen LogP contribution in [0, 0.1) is 0 Å². The molecule has 1 aliphatic rings. The van der Waals surface area contributed by atoms with Gasteiger partial charge in [0.2, 0.25) is 5.91 Å². The fourth-order valence-corrected chi connectivity index (χ4v) is 3.56. The summed E-state index contributed by atoms with van der Waals surface area (Å²) >= 11 is 0. The fourth-order valence-electron chi connectivity index (χ4n) is 3.56. The number of nitrogens with zero attached hydrogens (tertiary/aromatic N) is 2. The number of hydrogen-bond donors (Lipinski definition) is 0. The van der Waals surface area contributed by atoms with Crippen LogP contribution in [0.25, 0.3) is 10.8 Å². The Morgan fingerprint density at radius 2 is 1.33 bits per heavy atom. The summed E-state index contributed by atoms with van der Waals surface area (Å²) in [4.78, 5) is 28.9. The number of piperazine rings is 1. The van der Waals surface area contributed by atoms with E-state index in [2.05, 4.69) is 24.3 Å². The number of rotatable bonds is 3. The summed E-state index contributed by atoms with van der Waals surface area (Å²) in [6, 6.07) is 23.7. The van der Waals surface area contributed by atoms with Gasteiger partial charge in [-0.25, -0.2) is 0 Å². The van der Waals surface area contributed by atoms with Gasteiger partial charge in [-0.3, -0.25) is 9.59 Å². The lowest BCUT2D eigenvalue weighted by Crippen LogP contribution is -2.51. The van der Waals surface area contributed by atoms with Gasteiger partial charge in [0.1, 0.15) is 0 Å². The maximum absolute atomic E-state index is 12.7. The molecule has 3 aromatic carbocycles. The van der Waals surface area contributed by atoms with E-state index in [1.807, 2.05) is 58.3 Å². The molecule has 4 nitrogen and oxygen atoms in total. The van der Waals surface area contributed by atoms with Crippen molar-refractivity contribution in [2.24, 2.45) is 0 Å². The van der Waals surface area contributed by atoms with E-state index in [-0.39, 0.29) is 11.8 Å². The molecule has 0 N–H and O–H groups in total. The summed E-state index contributed by atoms with van der Waals surface area (Å²) in [5.74, 6) is 0.161. The summed E-state index contributed by atoms with van der Waals surface area (Å²) in [5, 5.41) is 2.34. The molecule has 4 rings (SSSR count).